The number of phenolic OH excluding ortho intramolecular Hbond substituents is 1. The van der Waals surface area contributed by atoms with Gasteiger partial charge in [0.05, 0.1) is 5.69 Å². The van der Waals surface area contributed by atoms with E-state index in [0.717, 1.165) is 46.7 Å². The molecule has 1 aliphatic carbocycles. The zero-order valence-corrected chi connectivity index (χ0v) is 26.8. The number of aromatic nitrogens is 1. The number of amides is 1. The summed E-state index contributed by atoms with van der Waals surface area (Å²) in [6.07, 6.45) is 1.44. The van der Waals surface area contributed by atoms with Gasteiger partial charge >= 0.3 is 6.09 Å². The molecule has 1 aromatic heterocycles. The Morgan fingerprint density at radius 1 is 0.930 bits per heavy atom. The minimum Gasteiger partial charge on any atom is -0.507 e. The van der Waals surface area contributed by atoms with Crippen molar-refractivity contribution in [3.63, 3.8) is 0 Å². The molecule has 2 N–H and O–H groups in total. The van der Waals surface area contributed by atoms with Crippen molar-refractivity contribution in [2.45, 2.75) is 89.5 Å². The van der Waals surface area contributed by atoms with Gasteiger partial charge in [0, 0.05) is 46.5 Å². The number of carboxylic acid groups (broad SMARTS) is 1. The first-order chi connectivity index (χ1) is 20.3. The number of fused-ring (bicyclic) bond motifs is 3. The van der Waals surface area contributed by atoms with Crippen LogP contribution in [0.4, 0.5) is 4.79 Å². The Labute approximate surface area is 259 Å². The fourth-order valence-electron chi connectivity index (χ4n) is 7.09. The van der Waals surface area contributed by atoms with Gasteiger partial charge in [-0.25, -0.2) is 9.78 Å². The van der Waals surface area contributed by atoms with Crippen molar-refractivity contribution >= 4 is 17.4 Å². The van der Waals surface area contributed by atoms with Crippen molar-refractivity contribution in [1.29, 1.82) is 0 Å². The number of likely N-dealkylation sites (tertiary alicyclic amines) is 1. The van der Waals surface area contributed by atoms with Gasteiger partial charge in [-0.3, -0.25) is 0 Å². The van der Waals surface area contributed by atoms with Crippen LogP contribution in [0.1, 0.15) is 101 Å². The molecular formula is C37H42N2O3S. The molecule has 2 unspecified atom stereocenters. The fraction of sp³-hybridized carbons (Fsp3) is 0.405. The Morgan fingerprint density at radius 2 is 1.49 bits per heavy atom. The summed E-state index contributed by atoms with van der Waals surface area (Å²) in [4.78, 5) is 19.2. The Kier molecular flexibility index (Phi) is 7.40. The molecular weight excluding hydrogens is 552 g/mol. The number of thiazole rings is 1. The van der Waals surface area contributed by atoms with E-state index in [0.29, 0.717) is 12.3 Å². The molecule has 0 saturated carbocycles. The molecule has 2 aliphatic rings. The lowest BCUT2D eigenvalue weighted by Gasteiger charge is -2.39. The highest BCUT2D eigenvalue weighted by Crippen LogP contribution is 2.49. The van der Waals surface area contributed by atoms with E-state index < -0.39 is 6.09 Å². The summed E-state index contributed by atoms with van der Waals surface area (Å²) in [5.74, 6) is 0.742. The monoisotopic (exact) mass is 594 g/mol. The molecule has 0 spiro atoms. The number of benzene rings is 3. The van der Waals surface area contributed by atoms with Crippen molar-refractivity contribution < 1.29 is 15.0 Å². The predicted molar refractivity (Wildman–Crippen MR) is 175 cm³/mol. The molecule has 43 heavy (non-hydrogen) atoms. The van der Waals surface area contributed by atoms with Crippen molar-refractivity contribution in [2.24, 2.45) is 0 Å². The SMILES string of the molecule is CC(C)(C)c1cc(-c2nc(C3CCN(C(=O)O)C(CC4c5ccccc5-c5ccccc54)C3)cs2)cc(C(C)(C)C)c1O. The van der Waals surface area contributed by atoms with Crippen LogP contribution in [0.5, 0.6) is 5.75 Å². The summed E-state index contributed by atoms with van der Waals surface area (Å²) in [5.41, 5.74) is 8.62. The molecule has 224 valence electrons. The molecule has 1 aliphatic heterocycles. The van der Waals surface area contributed by atoms with Gasteiger partial charge in [-0.2, -0.15) is 0 Å². The maximum atomic E-state index is 12.4. The Morgan fingerprint density at radius 3 is 2.02 bits per heavy atom. The van der Waals surface area contributed by atoms with Crippen LogP contribution in [0.2, 0.25) is 0 Å². The maximum absolute atomic E-state index is 12.4. The summed E-state index contributed by atoms with van der Waals surface area (Å²) in [6.45, 7) is 13.3. The number of phenols is 1. The van der Waals surface area contributed by atoms with Gasteiger partial charge < -0.3 is 15.1 Å². The zero-order chi connectivity index (χ0) is 30.7. The lowest BCUT2D eigenvalue weighted by Crippen LogP contribution is -2.45. The highest BCUT2D eigenvalue weighted by Gasteiger charge is 2.38. The summed E-state index contributed by atoms with van der Waals surface area (Å²) in [5, 5.41) is 24.5. The van der Waals surface area contributed by atoms with Crippen LogP contribution >= 0.6 is 11.3 Å². The second kappa shape index (κ2) is 10.8. The summed E-state index contributed by atoms with van der Waals surface area (Å²) in [7, 11) is 0. The van der Waals surface area contributed by atoms with Gasteiger partial charge in [0.1, 0.15) is 10.8 Å². The maximum Gasteiger partial charge on any atom is 0.407 e. The molecule has 1 saturated heterocycles. The first-order valence-corrected chi connectivity index (χ1v) is 16.2. The third-order valence-electron chi connectivity index (χ3n) is 9.35. The van der Waals surface area contributed by atoms with Gasteiger partial charge in [-0.1, -0.05) is 90.1 Å². The molecule has 1 fully saturated rings. The van der Waals surface area contributed by atoms with Gasteiger partial charge in [0.25, 0.3) is 0 Å². The molecule has 0 bridgehead atoms. The standard InChI is InChI=1S/C37H42N2O3S/c1-36(2,3)30-18-23(19-31(33(30)40)37(4,5)6)34-38-32(21-43-34)22-15-16-39(35(41)42)24(17-22)20-29-27-13-9-7-11-25(27)26-12-8-10-14-28(26)29/h7-14,18-19,21-22,24,29,40H,15-17,20H2,1-6H3,(H,41,42). The smallest absolute Gasteiger partial charge is 0.407 e. The molecule has 6 rings (SSSR count). The Hall–Kier alpha value is -3.64. The molecule has 0 radical (unpaired) electrons. The van der Waals surface area contributed by atoms with Gasteiger partial charge in [0.15, 0.2) is 0 Å². The second-order valence-electron chi connectivity index (χ2n) is 14.3. The van der Waals surface area contributed by atoms with E-state index in [-0.39, 0.29) is 28.7 Å². The van der Waals surface area contributed by atoms with E-state index in [4.69, 9.17) is 4.98 Å². The van der Waals surface area contributed by atoms with Crippen LogP contribution in [-0.2, 0) is 10.8 Å². The summed E-state index contributed by atoms with van der Waals surface area (Å²) >= 11 is 1.64. The molecule has 3 aromatic carbocycles. The van der Waals surface area contributed by atoms with Crippen LogP contribution < -0.4 is 0 Å². The van der Waals surface area contributed by atoms with Crippen molar-refractivity contribution in [2.75, 3.05) is 6.54 Å². The minimum atomic E-state index is -0.838. The number of rotatable bonds is 4. The highest BCUT2D eigenvalue weighted by atomic mass is 32.1. The van der Waals surface area contributed by atoms with Crippen molar-refractivity contribution in [3.05, 3.63) is 94.0 Å². The molecule has 2 heterocycles. The van der Waals surface area contributed by atoms with E-state index in [1.165, 1.54) is 22.3 Å². The topological polar surface area (TPSA) is 73.7 Å². The highest BCUT2D eigenvalue weighted by molar-refractivity contribution is 7.13. The fourth-order valence-corrected chi connectivity index (χ4v) is 7.98. The number of hydrogen-bond donors (Lipinski definition) is 2. The lowest BCUT2D eigenvalue weighted by molar-refractivity contribution is 0.0955. The van der Waals surface area contributed by atoms with Gasteiger partial charge in [-0.15, -0.1) is 11.3 Å². The third kappa shape index (κ3) is 5.46. The number of aromatic hydroxyl groups is 1. The van der Waals surface area contributed by atoms with Crippen LogP contribution in [0.3, 0.4) is 0 Å². The number of piperidine rings is 1. The Balaban J connectivity index is 1.31. The van der Waals surface area contributed by atoms with E-state index >= 15 is 0 Å². The van der Waals surface area contributed by atoms with Crippen molar-refractivity contribution in [1.82, 2.24) is 9.88 Å². The van der Waals surface area contributed by atoms with Gasteiger partial charge in [-0.05, 0) is 64.5 Å². The second-order valence-corrected chi connectivity index (χ2v) is 15.2. The lowest BCUT2D eigenvalue weighted by atomic mass is 9.78. The predicted octanol–water partition coefficient (Wildman–Crippen LogP) is 9.54. The van der Waals surface area contributed by atoms with E-state index in [1.54, 1.807) is 16.2 Å². The quantitative estimate of drug-likeness (QED) is 0.247. The van der Waals surface area contributed by atoms with Crippen LogP contribution in [-0.4, -0.2) is 38.8 Å². The number of nitrogens with zero attached hydrogens (tertiary/aromatic N) is 2. The third-order valence-corrected chi connectivity index (χ3v) is 10.3. The summed E-state index contributed by atoms with van der Waals surface area (Å²) < 4.78 is 0. The molecule has 5 nitrogen and oxygen atoms in total. The van der Waals surface area contributed by atoms with Crippen molar-refractivity contribution in [3.8, 4) is 27.4 Å². The molecule has 1 amide bonds. The molecule has 6 heteroatoms. The normalized spacial score (nSPS) is 18.9. The van der Waals surface area contributed by atoms with Crippen LogP contribution in [0.25, 0.3) is 21.7 Å². The van der Waals surface area contributed by atoms with Crippen LogP contribution in [0, 0.1) is 0 Å². The largest absolute Gasteiger partial charge is 0.507 e. The van der Waals surface area contributed by atoms with Gasteiger partial charge in [0.2, 0.25) is 0 Å². The first-order valence-electron chi connectivity index (χ1n) is 15.3. The van der Waals surface area contributed by atoms with E-state index in [2.05, 4.69) is 108 Å². The van der Waals surface area contributed by atoms with Crippen LogP contribution in [0.15, 0.2) is 66.0 Å². The van der Waals surface area contributed by atoms with E-state index in [1.807, 2.05) is 0 Å². The zero-order valence-electron chi connectivity index (χ0n) is 26.0. The number of hydrogen-bond acceptors (Lipinski definition) is 4. The average Bonchev–Trinajstić information content (AvgIpc) is 3.56. The number of carbonyl (C=O) groups is 1. The molecule has 2 atom stereocenters. The van der Waals surface area contributed by atoms with E-state index in [9.17, 15) is 15.0 Å². The average molecular weight is 595 g/mol. The minimum absolute atomic E-state index is 0.0979. The Bertz CT molecular complexity index is 1600. The first kappa shape index (κ1) is 29.4. The summed E-state index contributed by atoms with van der Waals surface area (Å²) in [6, 6.07) is 21.2. The molecule has 4 aromatic rings.